The number of anilines is 1. The zero-order valence-electron chi connectivity index (χ0n) is 8.65. The van der Waals surface area contributed by atoms with Crippen LogP contribution in [0, 0.1) is 5.82 Å². The van der Waals surface area contributed by atoms with Crippen LogP contribution in [0.3, 0.4) is 0 Å². The smallest absolute Gasteiger partial charge is 0.257 e. The quantitative estimate of drug-likeness (QED) is 0.924. The molecule has 0 aliphatic rings. The van der Waals surface area contributed by atoms with Crippen molar-refractivity contribution in [2.24, 2.45) is 0 Å². The van der Waals surface area contributed by atoms with Gasteiger partial charge in [0.1, 0.15) is 5.82 Å². The highest BCUT2D eigenvalue weighted by molar-refractivity contribution is 9.10. The van der Waals surface area contributed by atoms with E-state index in [4.69, 9.17) is 0 Å². The number of amides is 1. The lowest BCUT2D eigenvalue weighted by Gasteiger charge is -2.06. The van der Waals surface area contributed by atoms with Crippen molar-refractivity contribution in [1.29, 1.82) is 0 Å². The van der Waals surface area contributed by atoms with E-state index < -0.39 is 11.7 Å². The van der Waals surface area contributed by atoms with Crippen molar-refractivity contribution in [3.8, 4) is 0 Å². The van der Waals surface area contributed by atoms with Gasteiger partial charge < -0.3 is 5.32 Å². The van der Waals surface area contributed by atoms with Gasteiger partial charge in [0.15, 0.2) is 0 Å². The maximum atomic E-state index is 12.9. The molecule has 0 atom stereocenters. The van der Waals surface area contributed by atoms with Crippen LogP contribution in [0.15, 0.2) is 47.2 Å². The molecular weight excluding hydrogens is 287 g/mol. The molecule has 1 N–H and O–H groups in total. The number of rotatable bonds is 2. The summed E-state index contributed by atoms with van der Waals surface area (Å²) in [4.78, 5) is 15.4. The molecule has 86 valence electrons. The summed E-state index contributed by atoms with van der Waals surface area (Å²) < 4.78 is 13.7. The van der Waals surface area contributed by atoms with Gasteiger partial charge in [0.2, 0.25) is 0 Å². The van der Waals surface area contributed by atoms with Gasteiger partial charge in [-0.25, -0.2) is 4.39 Å². The van der Waals surface area contributed by atoms with E-state index in [1.165, 1.54) is 6.20 Å². The summed E-state index contributed by atoms with van der Waals surface area (Å²) in [7, 11) is 0. The number of benzene rings is 1. The normalized spacial score (nSPS) is 10.0. The fourth-order valence-electron chi connectivity index (χ4n) is 1.29. The second kappa shape index (κ2) is 5.05. The molecule has 17 heavy (non-hydrogen) atoms. The number of hydrogen-bond donors (Lipinski definition) is 1. The number of hydrogen-bond acceptors (Lipinski definition) is 2. The zero-order chi connectivity index (χ0) is 12.3. The third-order valence-electron chi connectivity index (χ3n) is 2.09. The van der Waals surface area contributed by atoms with Crippen LogP contribution in [-0.4, -0.2) is 10.9 Å². The molecule has 0 radical (unpaired) electrons. The maximum absolute atomic E-state index is 12.9. The molecule has 1 aromatic heterocycles. The summed E-state index contributed by atoms with van der Waals surface area (Å²) in [6.07, 6.45) is 2.37. The number of carbonyl (C=O) groups excluding carboxylic acids is 1. The Morgan fingerprint density at radius 2 is 2.06 bits per heavy atom. The summed E-state index contributed by atoms with van der Waals surface area (Å²) in [5.41, 5.74) is 0.808. The van der Waals surface area contributed by atoms with Crippen molar-refractivity contribution in [1.82, 2.24) is 4.98 Å². The van der Waals surface area contributed by atoms with Gasteiger partial charge in [-0.15, -0.1) is 0 Å². The molecule has 3 nitrogen and oxygen atoms in total. The fourth-order valence-corrected chi connectivity index (χ4v) is 1.68. The van der Waals surface area contributed by atoms with Gasteiger partial charge in [-0.05, 0) is 34.1 Å². The average Bonchev–Trinajstić information content (AvgIpc) is 2.32. The van der Waals surface area contributed by atoms with Crippen LogP contribution in [0.4, 0.5) is 10.1 Å². The Hall–Kier alpha value is -1.75. The lowest BCUT2D eigenvalue weighted by Crippen LogP contribution is -2.12. The fraction of sp³-hybridized carbons (Fsp3) is 0. The highest BCUT2D eigenvalue weighted by atomic mass is 79.9. The van der Waals surface area contributed by atoms with Crippen LogP contribution in [0.5, 0.6) is 0 Å². The summed E-state index contributed by atoms with van der Waals surface area (Å²) in [5, 5.41) is 2.66. The molecular formula is C12H8BrFN2O. The third-order valence-corrected chi connectivity index (χ3v) is 2.78. The summed E-state index contributed by atoms with van der Waals surface area (Å²) >= 11 is 3.31. The van der Waals surface area contributed by atoms with Crippen LogP contribution in [-0.2, 0) is 0 Å². The number of nitrogens with zero attached hydrogens (tertiary/aromatic N) is 1. The van der Waals surface area contributed by atoms with Crippen molar-refractivity contribution < 1.29 is 9.18 Å². The van der Waals surface area contributed by atoms with E-state index in [9.17, 15) is 9.18 Å². The molecule has 0 aliphatic carbocycles. The number of para-hydroxylation sites is 1. The van der Waals surface area contributed by atoms with Crippen LogP contribution >= 0.6 is 15.9 Å². The lowest BCUT2D eigenvalue weighted by atomic mass is 10.2. The van der Waals surface area contributed by atoms with E-state index in [1.807, 2.05) is 6.07 Å². The number of nitrogens with one attached hydrogen (secondary N) is 1. The van der Waals surface area contributed by atoms with Gasteiger partial charge in [-0.1, -0.05) is 12.1 Å². The van der Waals surface area contributed by atoms with E-state index in [2.05, 4.69) is 26.2 Å². The van der Waals surface area contributed by atoms with E-state index >= 15 is 0 Å². The molecule has 0 saturated heterocycles. The highest BCUT2D eigenvalue weighted by Crippen LogP contribution is 2.21. The minimum Gasteiger partial charge on any atom is -0.321 e. The Kier molecular flexibility index (Phi) is 3.49. The molecule has 1 amide bonds. The topological polar surface area (TPSA) is 42.0 Å². The van der Waals surface area contributed by atoms with E-state index in [0.29, 0.717) is 5.69 Å². The molecule has 0 spiro atoms. The van der Waals surface area contributed by atoms with Crippen molar-refractivity contribution in [2.45, 2.75) is 0 Å². The van der Waals surface area contributed by atoms with Crippen molar-refractivity contribution in [2.75, 3.05) is 5.32 Å². The zero-order valence-corrected chi connectivity index (χ0v) is 10.2. The molecule has 0 unspecified atom stereocenters. The van der Waals surface area contributed by atoms with Crippen LogP contribution in [0.25, 0.3) is 0 Å². The van der Waals surface area contributed by atoms with E-state index in [1.54, 1.807) is 18.2 Å². The molecule has 1 heterocycles. The molecule has 5 heteroatoms. The molecule has 1 aromatic carbocycles. The SMILES string of the molecule is O=C(Nc1ccccc1Br)c1cncc(F)c1. The first-order valence-corrected chi connectivity index (χ1v) is 5.62. The summed E-state index contributed by atoms with van der Waals surface area (Å²) in [6, 6.07) is 8.32. The van der Waals surface area contributed by atoms with E-state index in [-0.39, 0.29) is 5.56 Å². The lowest BCUT2D eigenvalue weighted by molar-refractivity contribution is 0.102. The summed E-state index contributed by atoms with van der Waals surface area (Å²) in [5.74, 6) is -0.936. The highest BCUT2D eigenvalue weighted by Gasteiger charge is 2.08. The molecule has 0 aliphatic heterocycles. The molecule has 2 rings (SSSR count). The Bertz CT molecular complexity index is 560. The third kappa shape index (κ3) is 2.88. The molecule has 0 bridgehead atoms. The van der Waals surface area contributed by atoms with Gasteiger partial charge >= 0.3 is 0 Å². The van der Waals surface area contributed by atoms with Crippen molar-refractivity contribution in [3.63, 3.8) is 0 Å². The van der Waals surface area contributed by atoms with Crippen LogP contribution in [0.2, 0.25) is 0 Å². The minimum atomic E-state index is -0.537. The van der Waals surface area contributed by atoms with Gasteiger partial charge in [-0.3, -0.25) is 9.78 Å². The average molecular weight is 295 g/mol. The van der Waals surface area contributed by atoms with Crippen LogP contribution < -0.4 is 5.32 Å². The van der Waals surface area contributed by atoms with Gasteiger partial charge in [0.05, 0.1) is 17.4 Å². The Labute approximate surface area is 106 Å². The number of aromatic nitrogens is 1. The first-order valence-electron chi connectivity index (χ1n) is 4.83. The maximum Gasteiger partial charge on any atom is 0.257 e. The Morgan fingerprint density at radius 3 is 2.76 bits per heavy atom. The standard InChI is InChI=1S/C12H8BrFN2O/c13-10-3-1-2-4-11(10)16-12(17)8-5-9(14)7-15-6-8/h1-7H,(H,16,17). The monoisotopic (exact) mass is 294 g/mol. The van der Waals surface area contributed by atoms with Crippen molar-refractivity contribution >= 4 is 27.5 Å². The van der Waals surface area contributed by atoms with Gasteiger partial charge in [0, 0.05) is 10.7 Å². The van der Waals surface area contributed by atoms with Gasteiger partial charge in [-0.2, -0.15) is 0 Å². The minimum absolute atomic E-state index is 0.181. The van der Waals surface area contributed by atoms with Crippen LogP contribution in [0.1, 0.15) is 10.4 Å². The second-order valence-electron chi connectivity index (χ2n) is 3.33. The predicted molar refractivity (Wildman–Crippen MR) is 66.3 cm³/mol. The Morgan fingerprint density at radius 1 is 1.29 bits per heavy atom. The molecule has 0 fully saturated rings. The number of carbonyl (C=O) groups is 1. The molecule has 0 saturated carbocycles. The summed E-state index contributed by atoms with van der Waals surface area (Å²) in [6.45, 7) is 0. The van der Waals surface area contributed by atoms with Gasteiger partial charge in [0.25, 0.3) is 5.91 Å². The largest absolute Gasteiger partial charge is 0.321 e. The predicted octanol–water partition coefficient (Wildman–Crippen LogP) is 3.24. The second-order valence-corrected chi connectivity index (χ2v) is 4.18. The first-order chi connectivity index (χ1) is 8.16. The van der Waals surface area contributed by atoms with Crippen molar-refractivity contribution in [3.05, 3.63) is 58.6 Å². The molecule has 2 aromatic rings. The number of pyridine rings is 1. The number of halogens is 2. The first kappa shape index (κ1) is 11.7. The van der Waals surface area contributed by atoms with E-state index in [0.717, 1.165) is 16.7 Å². The Balaban J connectivity index is 2.20.